The molecule has 3 heterocycles. The fourth-order valence-electron chi connectivity index (χ4n) is 6.42. The number of aromatic nitrogens is 3. The number of nitrogens with zero attached hydrogens (tertiary/aromatic N) is 4. The number of nitriles is 1. The molecule has 3 N–H and O–H groups in total. The van der Waals surface area contributed by atoms with Gasteiger partial charge in [0.15, 0.2) is 18.0 Å². The third-order valence-corrected chi connectivity index (χ3v) is 11.3. The first-order valence-electron chi connectivity index (χ1n) is 18.4. The van der Waals surface area contributed by atoms with Gasteiger partial charge in [0.1, 0.15) is 42.4 Å². The van der Waals surface area contributed by atoms with Gasteiger partial charge in [-0.05, 0) is 62.8 Å². The first-order valence-corrected chi connectivity index (χ1v) is 20.0. The van der Waals surface area contributed by atoms with Gasteiger partial charge in [0.2, 0.25) is 5.60 Å². The number of para-hydroxylation sites is 1. The lowest BCUT2D eigenvalue weighted by molar-refractivity contribution is -0.185. The molecule has 2 aliphatic rings. The van der Waals surface area contributed by atoms with Crippen molar-refractivity contribution in [2.24, 2.45) is 23.7 Å². The zero-order valence-electron chi connectivity index (χ0n) is 32.0. The molecule has 5 rings (SSSR count). The molecule has 3 aromatic rings. The van der Waals surface area contributed by atoms with Crippen LogP contribution in [0.4, 0.5) is 19.0 Å². The molecule has 1 aromatic carbocycles. The standard InChI is InChI=1S/C37H46F3N6O10P/c1-21(2)33(47)53-30-29(27-15-16-28-32(42)43-20-44-46(27)28)55-36(18-41,31(30)54-34(48)22(3)4)19-52-57(50,56-26-9-7-6-8-10-26)45-23(5)35(49)51-17-24-11-13-25(14-12-24)37(38,39)40/h6-10,15-16,20-25,29-31H,11-14,17,19H2,1-5H3,(H,45,50)(H2,42,43,44)/t23-,24-,25-,29-,30-,31-,36+,57?/m0/s1. The Morgan fingerprint density at radius 1 is 1.02 bits per heavy atom. The van der Waals surface area contributed by atoms with Gasteiger partial charge >= 0.3 is 31.8 Å². The van der Waals surface area contributed by atoms with Crippen LogP contribution in [0.15, 0.2) is 48.8 Å². The molecular formula is C37H46F3N6O10P. The summed E-state index contributed by atoms with van der Waals surface area (Å²) in [6.07, 6.45) is -7.35. The summed E-state index contributed by atoms with van der Waals surface area (Å²) in [6, 6.07) is 11.5. The number of carbonyl (C=O) groups excluding carboxylic acids is 3. The van der Waals surface area contributed by atoms with Crippen LogP contribution in [-0.2, 0) is 42.4 Å². The van der Waals surface area contributed by atoms with Crippen LogP contribution in [0.5, 0.6) is 5.75 Å². The predicted octanol–water partition coefficient (Wildman–Crippen LogP) is 5.87. The largest absolute Gasteiger partial charge is 0.464 e. The number of nitrogens with one attached hydrogen (secondary N) is 1. The minimum absolute atomic E-state index is 0.0370. The van der Waals surface area contributed by atoms with Crippen molar-refractivity contribution in [2.45, 2.75) is 96.4 Å². The topological polar surface area (TPSA) is 216 Å². The highest BCUT2D eigenvalue weighted by Gasteiger charge is 2.62. The van der Waals surface area contributed by atoms with E-state index in [0.29, 0.717) is 5.52 Å². The Morgan fingerprint density at radius 2 is 1.67 bits per heavy atom. The monoisotopic (exact) mass is 822 g/mol. The molecule has 6 atom stereocenters. The quantitative estimate of drug-likeness (QED) is 0.104. The Balaban J connectivity index is 1.44. The number of fused-ring (bicyclic) bond motifs is 1. The van der Waals surface area contributed by atoms with Gasteiger partial charge in [0.05, 0.1) is 30.1 Å². The maximum atomic E-state index is 14.6. The molecule has 57 heavy (non-hydrogen) atoms. The summed E-state index contributed by atoms with van der Waals surface area (Å²) < 4.78 is 90.6. The summed E-state index contributed by atoms with van der Waals surface area (Å²) in [4.78, 5) is 43.5. The maximum Gasteiger partial charge on any atom is 0.459 e. The van der Waals surface area contributed by atoms with Crippen molar-refractivity contribution in [1.82, 2.24) is 19.7 Å². The van der Waals surface area contributed by atoms with Crippen LogP contribution < -0.4 is 15.3 Å². The van der Waals surface area contributed by atoms with Gasteiger partial charge < -0.3 is 29.2 Å². The van der Waals surface area contributed by atoms with Gasteiger partial charge in [-0.3, -0.25) is 18.9 Å². The van der Waals surface area contributed by atoms with Gasteiger partial charge in [0, 0.05) is 0 Å². The van der Waals surface area contributed by atoms with Crippen LogP contribution in [0.1, 0.15) is 72.1 Å². The Bertz CT molecular complexity index is 1990. The van der Waals surface area contributed by atoms with Crippen LogP contribution >= 0.6 is 7.75 Å². The normalized spacial score (nSPS) is 25.4. The molecule has 0 radical (unpaired) electrons. The zero-order valence-corrected chi connectivity index (χ0v) is 32.9. The summed E-state index contributed by atoms with van der Waals surface area (Å²) in [7, 11) is -4.71. The number of esters is 3. The van der Waals surface area contributed by atoms with Crippen LogP contribution in [0.3, 0.4) is 0 Å². The van der Waals surface area contributed by atoms with E-state index in [4.69, 9.17) is 33.7 Å². The first-order chi connectivity index (χ1) is 26.9. The molecule has 1 aliphatic carbocycles. The summed E-state index contributed by atoms with van der Waals surface area (Å²) in [6.45, 7) is 6.48. The third kappa shape index (κ3) is 10.2. The number of carbonyl (C=O) groups is 3. The molecule has 0 amide bonds. The minimum atomic E-state index is -4.71. The average molecular weight is 823 g/mol. The van der Waals surface area contributed by atoms with Crippen molar-refractivity contribution in [3.63, 3.8) is 0 Å². The second kappa shape index (κ2) is 17.8. The number of hydrogen-bond acceptors (Lipinski definition) is 14. The number of rotatable bonds is 15. The highest BCUT2D eigenvalue weighted by atomic mass is 31.2. The molecule has 1 aliphatic heterocycles. The van der Waals surface area contributed by atoms with E-state index in [1.54, 1.807) is 58.0 Å². The van der Waals surface area contributed by atoms with E-state index in [1.165, 1.54) is 29.9 Å². The first kappa shape index (κ1) is 43.4. The Morgan fingerprint density at radius 3 is 2.28 bits per heavy atom. The molecule has 0 bridgehead atoms. The van der Waals surface area contributed by atoms with E-state index in [1.807, 2.05) is 6.07 Å². The van der Waals surface area contributed by atoms with Crippen molar-refractivity contribution in [1.29, 1.82) is 5.26 Å². The molecular weight excluding hydrogens is 776 g/mol. The van der Waals surface area contributed by atoms with E-state index in [9.17, 15) is 37.4 Å². The number of hydrogen-bond donors (Lipinski definition) is 2. The Hall–Kier alpha value is -4.76. The summed E-state index contributed by atoms with van der Waals surface area (Å²) in [5.74, 6) is -5.34. The van der Waals surface area contributed by atoms with Crippen molar-refractivity contribution in [2.75, 3.05) is 18.9 Å². The lowest BCUT2D eigenvalue weighted by Gasteiger charge is -2.31. The average Bonchev–Trinajstić information content (AvgIpc) is 3.73. The second-order valence-electron chi connectivity index (χ2n) is 14.7. The Labute approximate surface area is 327 Å². The van der Waals surface area contributed by atoms with Crippen LogP contribution in [0.25, 0.3) is 5.52 Å². The fraction of sp³-hybridized carbons (Fsp3) is 0.568. The number of halogens is 3. The van der Waals surface area contributed by atoms with Gasteiger partial charge in [-0.15, -0.1) is 0 Å². The van der Waals surface area contributed by atoms with Crippen LogP contribution in [0.2, 0.25) is 0 Å². The number of anilines is 1. The molecule has 2 fully saturated rings. The van der Waals surface area contributed by atoms with Gasteiger partial charge in [-0.1, -0.05) is 45.9 Å². The predicted molar refractivity (Wildman–Crippen MR) is 195 cm³/mol. The van der Waals surface area contributed by atoms with Gasteiger partial charge in [-0.25, -0.2) is 14.1 Å². The minimum Gasteiger partial charge on any atom is -0.464 e. The number of nitrogen functional groups attached to an aromatic ring is 1. The number of nitrogens with two attached hydrogens (primary N) is 1. The Kier molecular flexibility index (Phi) is 13.5. The van der Waals surface area contributed by atoms with E-state index >= 15 is 0 Å². The van der Waals surface area contributed by atoms with Crippen LogP contribution in [0, 0.1) is 35.0 Å². The maximum absolute atomic E-state index is 14.6. The lowest BCUT2D eigenvalue weighted by atomic mass is 9.82. The van der Waals surface area contributed by atoms with E-state index in [2.05, 4.69) is 15.2 Å². The third-order valence-electron chi connectivity index (χ3n) is 9.72. The highest BCUT2D eigenvalue weighted by Crippen LogP contribution is 2.50. The van der Waals surface area contributed by atoms with Crippen molar-refractivity contribution in [3.8, 4) is 11.8 Å². The number of alkyl halides is 3. The summed E-state index contributed by atoms with van der Waals surface area (Å²) in [5.41, 5.74) is 4.31. The van der Waals surface area contributed by atoms with Crippen LogP contribution in [-0.4, -0.2) is 75.7 Å². The molecule has 16 nitrogen and oxygen atoms in total. The smallest absolute Gasteiger partial charge is 0.459 e. The van der Waals surface area contributed by atoms with E-state index < -0.39 is 86.1 Å². The molecule has 20 heteroatoms. The van der Waals surface area contributed by atoms with Crippen molar-refractivity contribution < 1.29 is 60.1 Å². The van der Waals surface area contributed by atoms with Crippen molar-refractivity contribution >= 4 is 37.0 Å². The number of ether oxygens (including phenoxy) is 4. The lowest BCUT2D eigenvalue weighted by Crippen LogP contribution is -2.50. The molecule has 0 spiro atoms. The molecule has 1 saturated carbocycles. The van der Waals surface area contributed by atoms with E-state index in [-0.39, 0.29) is 55.5 Å². The molecule has 1 saturated heterocycles. The molecule has 1 unspecified atom stereocenters. The SMILES string of the molecule is CC(C)C(=O)O[C@H]1[C@H](c2ccc3c(N)ncnn23)O[C@](C#N)(COP(=O)(N[C@@H](C)C(=O)OC[C@H]2CC[C@H](C(F)(F)F)CC2)Oc2ccccc2)[C@H]1OC(=O)C(C)C. The molecule has 2 aromatic heterocycles. The zero-order chi connectivity index (χ0) is 41.7. The summed E-state index contributed by atoms with van der Waals surface area (Å²) >= 11 is 0. The fourth-order valence-corrected chi connectivity index (χ4v) is 7.94. The second-order valence-corrected chi connectivity index (χ2v) is 16.4. The molecule has 310 valence electrons. The van der Waals surface area contributed by atoms with E-state index in [0.717, 1.165) is 0 Å². The summed E-state index contributed by atoms with van der Waals surface area (Å²) in [5, 5.41) is 17.6. The van der Waals surface area contributed by atoms with Gasteiger partial charge in [0.25, 0.3) is 0 Å². The van der Waals surface area contributed by atoms with Gasteiger partial charge in [-0.2, -0.15) is 28.6 Å². The highest BCUT2D eigenvalue weighted by molar-refractivity contribution is 7.52. The number of benzene rings is 1. The van der Waals surface area contributed by atoms with Crippen molar-refractivity contribution in [3.05, 3.63) is 54.5 Å².